The molecule has 0 N–H and O–H groups in total. The third-order valence-electron chi connectivity index (χ3n) is 4.16. The number of rotatable bonds is 1. The molecule has 1 aliphatic heterocycles. The van der Waals surface area contributed by atoms with Crippen LogP contribution in [0.3, 0.4) is 0 Å². The number of piperidine rings is 1. The minimum absolute atomic E-state index is 0.732. The number of benzene rings is 1. The van der Waals surface area contributed by atoms with Gasteiger partial charge in [-0.25, -0.2) is 4.98 Å². The van der Waals surface area contributed by atoms with Gasteiger partial charge in [0.25, 0.3) is 0 Å². The SMILES string of the molecule is Cc1cc(N2CC(C)CC(C)C2)nc2cc(Cl)ccc12. The standard InChI is InChI=1S/C17H21ClN2/c1-11-6-12(2)10-20(9-11)17-7-13(3)15-5-4-14(18)8-16(15)19-17/h4-5,7-8,11-12H,6,9-10H2,1-3H3. The molecule has 1 saturated heterocycles. The van der Waals surface area contributed by atoms with Gasteiger partial charge in [0.15, 0.2) is 0 Å². The maximum Gasteiger partial charge on any atom is 0.129 e. The average molecular weight is 289 g/mol. The third-order valence-corrected chi connectivity index (χ3v) is 4.39. The van der Waals surface area contributed by atoms with Gasteiger partial charge >= 0.3 is 0 Å². The molecule has 0 spiro atoms. The first kappa shape index (κ1) is 13.7. The molecule has 0 radical (unpaired) electrons. The first-order chi connectivity index (χ1) is 9.52. The number of fused-ring (bicyclic) bond motifs is 1. The molecule has 20 heavy (non-hydrogen) atoms. The summed E-state index contributed by atoms with van der Waals surface area (Å²) in [6.07, 6.45) is 1.31. The fraction of sp³-hybridized carbons (Fsp3) is 0.471. The van der Waals surface area contributed by atoms with Crippen molar-refractivity contribution in [2.45, 2.75) is 27.2 Å². The van der Waals surface area contributed by atoms with Gasteiger partial charge in [-0.1, -0.05) is 31.5 Å². The Bertz CT molecular complexity index is 628. The van der Waals surface area contributed by atoms with Crippen molar-refractivity contribution in [1.29, 1.82) is 0 Å². The van der Waals surface area contributed by atoms with E-state index in [9.17, 15) is 0 Å². The molecule has 2 nitrogen and oxygen atoms in total. The van der Waals surface area contributed by atoms with Crippen LogP contribution in [0.1, 0.15) is 25.8 Å². The van der Waals surface area contributed by atoms with Gasteiger partial charge < -0.3 is 4.90 Å². The van der Waals surface area contributed by atoms with E-state index < -0.39 is 0 Å². The zero-order valence-electron chi connectivity index (χ0n) is 12.4. The van der Waals surface area contributed by atoms with E-state index in [2.05, 4.69) is 37.8 Å². The lowest BCUT2D eigenvalue weighted by Crippen LogP contribution is -2.39. The number of hydrogen-bond donors (Lipinski definition) is 0. The summed E-state index contributed by atoms with van der Waals surface area (Å²) in [6.45, 7) is 9.00. The minimum Gasteiger partial charge on any atom is -0.356 e. The fourth-order valence-corrected chi connectivity index (χ4v) is 3.54. The fourth-order valence-electron chi connectivity index (χ4n) is 3.37. The Kier molecular flexibility index (Phi) is 3.59. The molecule has 0 saturated carbocycles. The van der Waals surface area contributed by atoms with Crippen molar-refractivity contribution in [3.63, 3.8) is 0 Å². The summed E-state index contributed by atoms with van der Waals surface area (Å²) in [5, 5.41) is 1.94. The van der Waals surface area contributed by atoms with E-state index in [0.717, 1.165) is 41.3 Å². The van der Waals surface area contributed by atoms with E-state index in [1.54, 1.807) is 0 Å². The lowest BCUT2D eigenvalue weighted by molar-refractivity contribution is 0.355. The molecule has 0 aliphatic carbocycles. The quantitative estimate of drug-likeness (QED) is 0.757. The van der Waals surface area contributed by atoms with Gasteiger partial charge in [0, 0.05) is 23.5 Å². The largest absolute Gasteiger partial charge is 0.356 e. The first-order valence-electron chi connectivity index (χ1n) is 7.35. The monoisotopic (exact) mass is 288 g/mol. The molecule has 2 heterocycles. The van der Waals surface area contributed by atoms with Gasteiger partial charge in [0.2, 0.25) is 0 Å². The van der Waals surface area contributed by atoms with Crippen LogP contribution in [0.2, 0.25) is 5.02 Å². The van der Waals surface area contributed by atoms with Crippen LogP contribution in [0.15, 0.2) is 24.3 Å². The molecule has 3 rings (SSSR count). The van der Waals surface area contributed by atoms with Crippen molar-refractivity contribution < 1.29 is 0 Å². The number of hydrogen-bond acceptors (Lipinski definition) is 2. The second kappa shape index (κ2) is 5.25. The van der Waals surface area contributed by atoms with E-state index in [1.165, 1.54) is 17.4 Å². The van der Waals surface area contributed by atoms with Crippen LogP contribution in [0.25, 0.3) is 10.9 Å². The average Bonchev–Trinajstić information content (AvgIpc) is 2.36. The lowest BCUT2D eigenvalue weighted by atomic mass is 9.92. The predicted molar refractivity (Wildman–Crippen MR) is 86.6 cm³/mol. The Morgan fingerprint density at radius 1 is 1.15 bits per heavy atom. The Morgan fingerprint density at radius 2 is 1.85 bits per heavy atom. The van der Waals surface area contributed by atoms with Crippen LogP contribution in [-0.2, 0) is 0 Å². The highest BCUT2D eigenvalue weighted by Gasteiger charge is 2.23. The maximum atomic E-state index is 6.10. The Morgan fingerprint density at radius 3 is 2.55 bits per heavy atom. The van der Waals surface area contributed by atoms with E-state index in [4.69, 9.17) is 16.6 Å². The molecule has 0 bridgehead atoms. The van der Waals surface area contributed by atoms with Crippen LogP contribution in [-0.4, -0.2) is 18.1 Å². The van der Waals surface area contributed by atoms with E-state index in [1.807, 2.05) is 12.1 Å². The Balaban J connectivity index is 2.03. The van der Waals surface area contributed by atoms with Crippen LogP contribution in [0, 0.1) is 18.8 Å². The summed E-state index contributed by atoms with van der Waals surface area (Å²) in [6, 6.07) is 8.17. The topological polar surface area (TPSA) is 16.1 Å². The molecule has 0 amide bonds. The van der Waals surface area contributed by atoms with Crippen LogP contribution >= 0.6 is 11.6 Å². The highest BCUT2D eigenvalue weighted by molar-refractivity contribution is 6.31. The molecule has 1 aromatic heterocycles. The highest BCUT2D eigenvalue weighted by atomic mass is 35.5. The number of aryl methyl sites for hydroxylation is 1. The number of halogens is 1. The first-order valence-corrected chi connectivity index (χ1v) is 7.72. The number of anilines is 1. The van der Waals surface area contributed by atoms with E-state index in [0.29, 0.717) is 0 Å². The van der Waals surface area contributed by atoms with Crippen LogP contribution in [0.4, 0.5) is 5.82 Å². The molecule has 1 aromatic carbocycles. The second-order valence-corrected chi connectivity index (χ2v) is 6.75. The van der Waals surface area contributed by atoms with E-state index in [-0.39, 0.29) is 0 Å². The minimum atomic E-state index is 0.732. The van der Waals surface area contributed by atoms with Gasteiger partial charge in [0.1, 0.15) is 5.82 Å². The van der Waals surface area contributed by atoms with Crippen molar-refractivity contribution in [1.82, 2.24) is 4.98 Å². The van der Waals surface area contributed by atoms with Crippen molar-refractivity contribution >= 4 is 28.3 Å². The maximum absolute atomic E-state index is 6.10. The van der Waals surface area contributed by atoms with Gasteiger partial charge in [0.05, 0.1) is 5.52 Å². The van der Waals surface area contributed by atoms with Gasteiger partial charge in [-0.2, -0.15) is 0 Å². The Labute approximate surface area is 125 Å². The summed E-state index contributed by atoms with van der Waals surface area (Å²) < 4.78 is 0. The normalized spacial score (nSPS) is 23.3. The molecule has 106 valence electrons. The van der Waals surface area contributed by atoms with E-state index >= 15 is 0 Å². The second-order valence-electron chi connectivity index (χ2n) is 6.31. The number of pyridine rings is 1. The number of nitrogens with zero attached hydrogens (tertiary/aromatic N) is 2. The molecule has 2 atom stereocenters. The van der Waals surface area contributed by atoms with Crippen LogP contribution < -0.4 is 4.90 Å². The predicted octanol–water partition coefficient (Wildman–Crippen LogP) is 4.68. The summed E-state index contributed by atoms with van der Waals surface area (Å²) in [4.78, 5) is 7.25. The third kappa shape index (κ3) is 2.62. The molecule has 1 fully saturated rings. The Hall–Kier alpha value is -1.28. The van der Waals surface area contributed by atoms with Gasteiger partial charge in [-0.3, -0.25) is 0 Å². The zero-order valence-corrected chi connectivity index (χ0v) is 13.1. The molecular weight excluding hydrogens is 268 g/mol. The van der Waals surface area contributed by atoms with Gasteiger partial charge in [-0.05, 0) is 48.9 Å². The molecular formula is C17H21ClN2. The smallest absolute Gasteiger partial charge is 0.129 e. The molecule has 2 unspecified atom stereocenters. The molecule has 2 aromatic rings. The summed E-state index contributed by atoms with van der Waals surface area (Å²) in [7, 11) is 0. The molecule has 1 aliphatic rings. The summed E-state index contributed by atoms with van der Waals surface area (Å²) in [5.74, 6) is 2.56. The van der Waals surface area contributed by atoms with Crippen molar-refractivity contribution in [2.24, 2.45) is 11.8 Å². The lowest BCUT2D eigenvalue weighted by Gasteiger charge is -2.36. The molecule has 3 heteroatoms. The van der Waals surface area contributed by atoms with Crippen LogP contribution in [0.5, 0.6) is 0 Å². The van der Waals surface area contributed by atoms with Crippen molar-refractivity contribution in [2.75, 3.05) is 18.0 Å². The zero-order chi connectivity index (χ0) is 14.3. The number of aromatic nitrogens is 1. The highest BCUT2D eigenvalue weighted by Crippen LogP contribution is 2.29. The van der Waals surface area contributed by atoms with Crippen molar-refractivity contribution in [3.05, 3.63) is 34.9 Å². The summed E-state index contributed by atoms with van der Waals surface area (Å²) in [5.41, 5.74) is 2.27. The summed E-state index contributed by atoms with van der Waals surface area (Å²) >= 11 is 6.10. The van der Waals surface area contributed by atoms with Gasteiger partial charge in [-0.15, -0.1) is 0 Å². The van der Waals surface area contributed by atoms with Crippen molar-refractivity contribution in [3.8, 4) is 0 Å².